The van der Waals surface area contributed by atoms with E-state index in [-0.39, 0.29) is 24.2 Å². The largest absolute Gasteiger partial charge is 0.487 e. The first-order valence-electron chi connectivity index (χ1n) is 8.14. The first-order chi connectivity index (χ1) is 12.9. The Morgan fingerprint density at radius 2 is 2.04 bits per heavy atom. The molecule has 1 aliphatic heterocycles. The first kappa shape index (κ1) is 19.4. The Bertz CT molecular complexity index is 920. The molecule has 3 rings (SSSR count). The summed E-state index contributed by atoms with van der Waals surface area (Å²) in [5.74, 6) is 0.235. The molecule has 2 heterocycles. The average molecular weight is 412 g/mol. The molecule has 27 heavy (non-hydrogen) atoms. The maximum Gasteiger partial charge on any atom is 0.255 e. The zero-order valence-electron chi connectivity index (χ0n) is 14.2. The van der Waals surface area contributed by atoms with Crippen molar-refractivity contribution in [3.05, 3.63) is 47.7 Å². The third-order valence-corrected chi connectivity index (χ3v) is 6.14. The Balaban J connectivity index is 1.65. The fourth-order valence-corrected chi connectivity index (χ4v) is 4.31. The molecule has 1 fully saturated rings. The quantitative estimate of drug-likeness (QED) is 0.737. The molecule has 0 saturated carbocycles. The van der Waals surface area contributed by atoms with E-state index < -0.39 is 15.9 Å². The van der Waals surface area contributed by atoms with E-state index in [1.54, 1.807) is 12.3 Å². The molecule has 8 nitrogen and oxygen atoms in total. The van der Waals surface area contributed by atoms with Gasteiger partial charge >= 0.3 is 0 Å². The van der Waals surface area contributed by atoms with Crippen LogP contribution in [0.15, 0.2) is 47.6 Å². The van der Waals surface area contributed by atoms with Crippen molar-refractivity contribution in [3.8, 4) is 11.5 Å². The SMILES string of the molecule is NC(=O)COc1ccc(S(=O)(=O)N2CCC(Oc3ccncc3Cl)C2)cc1. The molecule has 1 amide bonds. The van der Waals surface area contributed by atoms with Crippen molar-refractivity contribution < 1.29 is 22.7 Å². The van der Waals surface area contributed by atoms with Crippen LogP contribution in [0.4, 0.5) is 0 Å². The van der Waals surface area contributed by atoms with E-state index in [4.69, 9.17) is 26.8 Å². The Morgan fingerprint density at radius 1 is 1.30 bits per heavy atom. The number of nitrogens with zero attached hydrogens (tertiary/aromatic N) is 2. The minimum atomic E-state index is -3.66. The number of hydrogen-bond acceptors (Lipinski definition) is 6. The lowest BCUT2D eigenvalue weighted by molar-refractivity contribution is -0.119. The fraction of sp³-hybridized carbons (Fsp3) is 0.294. The van der Waals surface area contributed by atoms with Crippen molar-refractivity contribution in [1.29, 1.82) is 0 Å². The van der Waals surface area contributed by atoms with Crippen molar-refractivity contribution in [1.82, 2.24) is 9.29 Å². The number of amides is 1. The maximum absolute atomic E-state index is 12.8. The molecule has 0 bridgehead atoms. The number of benzene rings is 1. The van der Waals surface area contributed by atoms with E-state index in [2.05, 4.69) is 4.98 Å². The van der Waals surface area contributed by atoms with Gasteiger partial charge in [0.1, 0.15) is 22.6 Å². The smallest absolute Gasteiger partial charge is 0.255 e. The summed E-state index contributed by atoms with van der Waals surface area (Å²) >= 11 is 6.02. The van der Waals surface area contributed by atoms with Gasteiger partial charge in [0, 0.05) is 25.0 Å². The number of sulfonamides is 1. The van der Waals surface area contributed by atoms with E-state index in [0.717, 1.165) is 0 Å². The summed E-state index contributed by atoms with van der Waals surface area (Å²) in [4.78, 5) is 14.8. The van der Waals surface area contributed by atoms with Crippen LogP contribution in [0.5, 0.6) is 11.5 Å². The van der Waals surface area contributed by atoms with Gasteiger partial charge in [0.05, 0.1) is 11.4 Å². The van der Waals surface area contributed by atoms with Gasteiger partial charge in [0.15, 0.2) is 6.61 Å². The summed E-state index contributed by atoms with van der Waals surface area (Å²) in [6.07, 6.45) is 3.30. The van der Waals surface area contributed by atoms with Gasteiger partial charge in [-0.2, -0.15) is 4.31 Å². The molecule has 1 aromatic carbocycles. The molecule has 2 N–H and O–H groups in total. The number of nitrogens with two attached hydrogens (primary N) is 1. The highest BCUT2D eigenvalue weighted by Gasteiger charge is 2.33. The van der Waals surface area contributed by atoms with Gasteiger partial charge in [-0.3, -0.25) is 9.78 Å². The van der Waals surface area contributed by atoms with Gasteiger partial charge in [-0.05, 0) is 30.7 Å². The topological polar surface area (TPSA) is 112 Å². The number of carbonyl (C=O) groups excluding carboxylic acids is 1. The van der Waals surface area contributed by atoms with Gasteiger partial charge in [-0.25, -0.2) is 8.42 Å². The van der Waals surface area contributed by atoms with Gasteiger partial charge in [0.2, 0.25) is 10.0 Å². The minimum Gasteiger partial charge on any atom is -0.487 e. The number of carbonyl (C=O) groups is 1. The normalized spacial score (nSPS) is 17.6. The van der Waals surface area contributed by atoms with Crippen LogP contribution in [-0.2, 0) is 14.8 Å². The Labute approximate surface area is 161 Å². The highest BCUT2D eigenvalue weighted by molar-refractivity contribution is 7.89. The number of halogens is 1. The number of ether oxygens (including phenoxy) is 2. The highest BCUT2D eigenvalue weighted by Crippen LogP contribution is 2.28. The second-order valence-electron chi connectivity index (χ2n) is 5.92. The maximum atomic E-state index is 12.8. The van der Waals surface area contributed by atoms with Gasteiger partial charge in [-0.1, -0.05) is 11.6 Å². The molecule has 0 spiro atoms. The molecule has 1 saturated heterocycles. The standard InChI is InChI=1S/C17H18ClN3O5S/c18-15-9-20-7-5-16(15)26-13-6-8-21(10-13)27(23,24)14-3-1-12(2-4-14)25-11-17(19)22/h1-5,7,9,13H,6,8,10-11H2,(H2,19,22). The van der Waals surface area contributed by atoms with Gasteiger partial charge in [0.25, 0.3) is 5.91 Å². The van der Waals surface area contributed by atoms with Crippen LogP contribution < -0.4 is 15.2 Å². The Kier molecular flexibility index (Phi) is 5.83. The van der Waals surface area contributed by atoms with Gasteiger partial charge in [-0.15, -0.1) is 0 Å². The molecule has 2 aromatic rings. The summed E-state index contributed by atoms with van der Waals surface area (Å²) in [5, 5.41) is 0.380. The van der Waals surface area contributed by atoms with Crippen molar-refractivity contribution >= 4 is 27.5 Å². The number of primary amides is 1. The highest BCUT2D eigenvalue weighted by atomic mass is 35.5. The summed E-state index contributed by atoms with van der Waals surface area (Å²) in [6.45, 7) is 0.297. The van der Waals surface area contributed by atoms with E-state index in [0.29, 0.717) is 29.5 Å². The second kappa shape index (κ2) is 8.12. The number of aromatic nitrogens is 1. The molecule has 1 aliphatic rings. The van der Waals surface area contributed by atoms with Crippen molar-refractivity contribution in [2.24, 2.45) is 5.73 Å². The number of pyridine rings is 1. The number of rotatable bonds is 7. The van der Waals surface area contributed by atoms with Crippen LogP contribution in [0.2, 0.25) is 5.02 Å². The predicted octanol–water partition coefficient (Wildman–Crippen LogP) is 1.44. The molecule has 1 unspecified atom stereocenters. The lowest BCUT2D eigenvalue weighted by atomic mass is 10.3. The van der Waals surface area contributed by atoms with E-state index in [1.165, 1.54) is 34.8 Å². The molecule has 1 atom stereocenters. The van der Waals surface area contributed by atoms with Crippen LogP contribution in [0.3, 0.4) is 0 Å². The predicted molar refractivity (Wildman–Crippen MR) is 98.2 cm³/mol. The van der Waals surface area contributed by atoms with Crippen molar-refractivity contribution in [2.45, 2.75) is 17.4 Å². The van der Waals surface area contributed by atoms with Crippen molar-refractivity contribution in [3.63, 3.8) is 0 Å². The lowest BCUT2D eigenvalue weighted by Crippen LogP contribution is -2.31. The summed E-state index contributed by atoms with van der Waals surface area (Å²) in [7, 11) is -3.66. The van der Waals surface area contributed by atoms with Crippen LogP contribution in [0.1, 0.15) is 6.42 Å². The zero-order chi connectivity index (χ0) is 19.4. The van der Waals surface area contributed by atoms with Crippen molar-refractivity contribution in [2.75, 3.05) is 19.7 Å². The van der Waals surface area contributed by atoms with E-state index >= 15 is 0 Å². The van der Waals surface area contributed by atoms with E-state index in [9.17, 15) is 13.2 Å². The summed E-state index contributed by atoms with van der Waals surface area (Å²) < 4.78 is 37.9. The Morgan fingerprint density at radius 3 is 2.70 bits per heavy atom. The molecule has 144 valence electrons. The molecule has 1 aromatic heterocycles. The lowest BCUT2D eigenvalue weighted by Gasteiger charge is -2.18. The molecule has 0 radical (unpaired) electrons. The van der Waals surface area contributed by atoms with Crippen LogP contribution in [-0.4, -0.2) is 49.4 Å². The monoisotopic (exact) mass is 411 g/mol. The molecule has 0 aliphatic carbocycles. The summed E-state index contributed by atoms with van der Waals surface area (Å²) in [6, 6.07) is 7.47. The van der Waals surface area contributed by atoms with E-state index in [1.807, 2.05) is 0 Å². The minimum absolute atomic E-state index is 0.136. The van der Waals surface area contributed by atoms with Crippen LogP contribution in [0, 0.1) is 0 Å². The van der Waals surface area contributed by atoms with Crippen LogP contribution in [0.25, 0.3) is 0 Å². The fourth-order valence-electron chi connectivity index (χ4n) is 2.66. The third-order valence-electron chi connectivity index (χ3n) is 3.98. The van der Waals surface area contributed by atoms with Gasteiger partial charge < -0.3 is 15.2 Å². The molecular formula is C17H18ClN3O5S. The van der Waals surface area contributed by atoms with Crippen LogP contribution >= 0.6 is 11.6 Å². The number of hydrogen-bond donors (Lipinski definition) is 1. The summed E-state index contributed by atoms with van der Waals surface area (Å²) in [5.41, 5.74) is 5.01. The first-order valence-corrected chi connectivity index (χ1v) is 9.95. The second-order valence-corrected chi connectivity index (χ2v) is 8.27. The molecule has 10 heteroatoms. The Hall–Kier alpha value is -2.36. The zero-order valence-corrected chi connectivity index (χ0v) is 15.8. The average Bonchev–Trinajstić information content (AvgIpc) is 3.12. The third kappa shape index (κ3) is 4.68. The molecular weight excluding hydrogens is 394 g/mol.